The molecule has 1 aromatic carbocycles. The molecule has 1 fully saturated rings. The van der Waals surface area contributed by atoms with E-state index in [0.29, 0.717) is 6.54 Å². The van der Waals surface area contributed by atoms with Crippen LogP contribution in [0.3, 0.4) is 0 Å². The van der Waals surface area contributed by atoms with Crippen molar-refractivity contribution in [2.75, 3.05) is 6.54 Å². The zero-order chi connectivity index (χ0) is 19.3. The molecule has 0 atom stereocenters. The zero-order valence-electron chi connectivity index (χ0n) is 15.1. The fourth-order valence-corrected chi connectivity index (χ4v) is 3.82. The number of carbonyl (C=O) groups is 1. The van der Waals surface area contributed by atoms with E-state index in [1.807, 2.05) is 18.2 Å². The van der Waals surface area contributed by atoms with Crippen LogP contribution in [0.2, 0.25) is 0 Å². The molecule has 142 valence electrons. The second-order valence-electron chi connectivity index (χ2n) is 7.09. The molecule has 1 amide bonds. The molecule has 0 saturated heterocycles. The minimum absolute atomic E-state index is 0.0944. The van der Waals surface area contributed by atoms with E-state index in [1.54, 1.807) is 0 Å². The Bertz CT molecular complexity index is 870. The number of aromatic nitrogens is 1. The summed E-state index contributed by atoms with van der Waals surface area (Å²) in [6.07, 6.45) is 6.56. The lowest BCUT2D eigenvalue weighted by Crippen LogP contribution is -2.43. The van der Waals surface area contributed by atoms with E-state index < -0.39 is 10.5 Å². The summed E-state index contributed by atoms with van der Waals surface area (Å²) in [5.74, 6) is -0.321. The van der Waals surface area contributed by atoms with Crippen LogP contribution in [0.15, 0.2) is 53.5 Å². The topological polar surface area (TPSA) is 94.2 Å². The first-order chi connectivity index (χ1) is 13.0. The Morgan fingerprint density at radius 1 is 1.11 bits per heavy atom. The van der Waals surface area contributed by atoms with Gasteiger partial charge in [0.1, 0.15) is 6.54 Å². The number of carbonyl (C=O) groups excluding carboxylic acids is 1. The first-order valence-electron chi connectivity index (χ1n) is 9.17. The molecule has 1 heterocycles. The fraction of sp³-hybridized carbons (Fsp3) is 0.400. The highest BCUT2D eigenvalue weighted by atomic mass is 16.6. The molecule has 7 heteroatoms. The molecule has 1 aromatic heterocycles. The van der Waals surface area contributed by atoms with Crippen molar-refractivity contribution in [3.63, 3.8) is 0 Å². The van der Waals surface area contributed by atoms with E-state index in [0.717, 1.165) is 48.6 Å². The summed E-state index contributed by atoms with van der Waals surface area (Å²) < 4.78 is 1.07. The molecule has 0 unspecified atom stereocenters. The van der Waals surface area contributed by atoms with Gasteiger partial charge in [0.2, 0.25) is 5.91 Å². The Balaban J connectivity index is 1.71. The lowest BCUT2D eigenvalue weighted by Gasteiger charge is -2.38. The van der Waals surface area contributed by atoms with Gasteiger partial charge in [0.15, 0.2) is 0 Å². The molecule has 7 nitrogen and oxygen atoms in total. The Labute approximate surface area is 157 Å². The monoisotopic (exact) mass is 369 g/mol. The average Bonchev–Trinajstić information content (AvgIpc) is 2.69. The van der Waals surface area contributed by atoms with Gasteiger partial charge in [-0.3, -0.25) is 24.3 Å². The highest BCUT2D eigenvalue weighted by Crippen LogP contribution is 2.38. The van der Waals surface area contributed by atoms with Gasteiger partial charge < -0.3 is 5.32 Å². The Hall–Kier alpha value is -2.96. The van der Waals surface area contributed by atoms with Gasteiger partial charge in [-0.15, -0.1) is 0 Å². The van der Waals surface area contributed by atoms with Gasteiger partial charge in [-0.2, -0.15) is 0 Å². The second kappa shape index (κ2) is 8.16. The van der Waals surface area contributed by atoms with E-state index in [-0.39, 0.29) is 23.6 Å². The summed E-state index contributed by atoms with van der Waals surface area (Å²) in [6.45, 7) is 0.269. The minimum Gasteiger partial charge on any atom is -0.354 e. The normalized spacial score (nSPS) is 15.9. The molecule has 2 aromatic rings. The summed E-state index contributed by atoms with van der Waals surface area (Å²) in [6, 6.07) is 12.5. The Kier molecular flexibility index (Phi) is 5.69. The quantitative estimate of drug-likeness (QED) is 0.626. The van der Waals surface area contributed by atoms with Crippen LogP contribution in [-0.2, 0) is 16.8 Å². The first-order valence-corrected chi connectivity index (χ1v) is 9.17. The Morgan fingerprint density at radius 3 is 2.48 bits per heavy atom. The molecule has 0 bridgehead atoms. The second-order valence-corrected chi connectivity index (χ2v) is 7.09. The number of hydrogen-bond donors (Lipinski definition) is 1. The molecule has 3 rings (SSSR count). The molecule has 0 aliphatic heterocycles. The van der Waals surface area contributed by atoms with Crippen LogP contribution in [0, 0.1) is 10.1 Å². The van der Waals surface area contributed by atoms with Crippen LogP contribution in [0.25, 0.3) is 0 Å². The van der Waals surface area contributed by atoms with E-state index in [4.69, 9.17) is 0 Å². The molecule has 0 radical (unpaired) electrons. The van der Waals surface area contributed by atoms with Crippen LogP contribution >= 0.6 is 0 Å². The van der Waals surface area contributed by atoms with Crippen molar-refractivity contribution < 1.29 is 9.72 Å². The van der Waals surface area contributed by atoms with Crippen molar-refractivity contribution in [3.8, 4) is 0 Å². The number of nitrogens with one attached hydrogen (secondary N) is 1. The highest BCUT2D eigenvalue weighted by molar-refractivity contribution is 5.76. The summed E-state index contributed by atoms with van der Waals surface area (Å²) in [5.41, 5.74) is 0.474. The van der Waals surface area contributed by atoms with Crippen molar-refractivity contribution in [1.29, 1.82) is 0 Å². The lowest BCUT2D eigenvalue weighted by atomic mass is 9.69. The average molecular weight is 369 g/mol. The van der Waals surface area contributed by atoms with Gasteiger partial charge >= 0.3 is 0 Å². The molecule has 0 spiro atoms. The van der Waals surface area contributed by atoms with E-state index >= 15 is 0 Å². The largest absolute Gasteiger partial charge is 0.354 e. The summed E-state index contributed by atoms with van der Waals surface area (Å²) in [4.78, 5) is 34.6. The number of nitro groups is 1. The van der Waals surface area contributed by atoms with Crippen LogP contribution in [-0.4, -0.2) is 21.9 Å². The van der Waals surface area contributed by atoms with Gasteiger partial charge in [-0.25, -0.2) is 0 Å². The standard InChI is InChI=1S/C20H23N3O4/c24-18(14-22-13-17(23(26)27)9-10-19(22)25)21-15-20(11-5-2-6-12-20)16-7-3-1-4-8-16/h1,3-4,7-10,13H,2,5-6,11-12,14-15H2,(H,21,24). The SMILES string of the molecule is O=C(Cn1cc([N+](=O)[O-])ccc1=O)NCC1(c2ccccc2)CCCCC1. The molecule has 1 aliphatic carbocycles. The van der Waals surface area contributed by atoms with Gasteiger partial charge in [0.25, 0.3) is 11.2 Å². The Morgan fingerprint density at radius 2 is 1.81 bits per heavy atom. The van der Waals surface area contributed by atoms with Crippen LogP contribution in [0.5, 0.6) is 0 Å². The van der Waals surface area contributed by atoms with Crippen LogP contribution < -0.4 is 10.9 Å². The summed E-state index contributed by atoms with van der Waals surface area (Å²) >= 11 is 0. The number of nitrogens with zero attached hydrogens (tertiary/aromatic N) is 2. The van der Waals surface area contributed by atoms with Crippen LogP contribution in [0.1, 0.15) is 37.7 Å². The van der Waals surface area contributed by atoms with Crippen molar-refractivity contribution in [2.45, 2.75) is 44.1 Å². The van der Waals surface area contributed by atoms with Crippen LogP contribution in [0.4, 0.5) is 5.69 Å². The summed E-state index contributed by atoms with van der Waals surface area (Å²) in [7, 11) is 0. The lowest BCUT2D eigenvalue weighted by molar-refractivity contribution is -0.385. The van der Waals surface area contributed by atoms with Crippen molar-refractivity contribution in [2.24, 2.45) is 0 Å². The van der Waals surface area contributed by atoms with E-state index in [1.165, 1.54) is 12.0 Å². The molecule has 1 aliphatic rings. The zero-order valence-corrected chi connectivity index (χ0v) is 15.1. The number of amides is 1. The number of hydrogen-bond acceptors (Lipinski definition) is 4. The van der Waals surface area contributed by atoms with Gasteiger partial charge in [-0.1, -0.05) is 49.6 Å². The third-order valence-corrected chi connectivity index (χ3v) is 5.31. The fourth-order valence-electron chi connectivity index (χ4n) is 3.82. The molecule has 27 heavy (non-hydrogen) atoms. The molecule has 1 saturated carbocycles. The number of pyridine rings is 1. The maximum atomic E-state index is 12.4. The first kappa shape index (κ1) is 18.8. The highest BCUT2D eigenvalue weighted by Gasteiger charge is 2.34. The predicted molar refractivity (Wildman–Crippen MR) is 102 cm³/mol. The number of benzene rings is 1. The predicted octanol–water partition coefficient (Wildman–Crippen LogP) is 2.77. The summed E-state index contributed by atoms with van der Waals surface area (Å²) in [5, 5.41) is 13.8. The van der Waals surface area contributed by atoms with E-state index in [2.05, 4.69) is 17.4 Å². The molecule has 1 N–H and O–H groups in total. The maximum absolute atomic E-state index is 12.4. The van der Waals surface area contributed by atoms with Gasteiger partial charge in [0, 0.05) is 24.1 Å². The van der Waals surface area contributed by atoms with Crippen molar-refractivity contribution in [1.82, 2.24) is 9.88 Å². The number of rotatable bonds is 6. The van der Waals surface area contributed by atoms with E-state index in [9.17, 15) is 19.7 Å². The smallest absolute Gasteiger partial charge is 0.285 e. The minimum atomic E-state index is -0.583. The maximum Gasteiger partial charge on any atom is 0.285 e. The molecular formula is C20H23N3O4. The van der Waals surface area contributed by atoms with Gasteiger partial charge in [0.05, 0.1) is 11.1 Å². The van der Waals surface area contributed by atoms with Crippen molar-refractivity contribution >= 4 is 11.6 Å². The third kappa shape index (κ3) is 4.42. The molecular weight excluding hydrogens is 346 g/mol. The third-order valence-electron chi connectivity index (χ3n) is 5.31. The van der Waals surface area contributed by atoms with Gasteiger partial charge in [-0.05, 0) is 18.4 Å². The van der Waals surface area contributed by atoms with Crippen molar-refractivity contribution in [3.05, 3.63) is 74.7 Å².